The quantitative estimate of drug-likeness (QED) is 0.0195. The van der Waals surface area contributed by atoms with Crippen molar-refractivity contribution in [2.45, 2.75) is 399 Å². The Morgan fingerprint density at radius 2 is 0.588 bits per heavy atom. The second-order valence-electron chi connectivity index (χ2n) is 29.0. The van der Waals surface area contributed by atoms with Crippen LogP contribution >= 0.6 is 0 Å². The summed E-state index contributed by atoms with van der Waals surface area (Å²) in [7, 11) is 5.94. The van der Waals surface area contributed by atoms with Crippen molar-refractivity contribution < 1.29 is 42.9 Å². The predicted molar refractivity (Wildman–Crippen MR) is 417 cm³/mol. The van der Waals surface area contributed by atoms with Gasteiger partial charge in [0, 0.05) is 12.8 Å². The number of carboxylic acids is 1. The molecule has 0 aromatic carbocycles. The van der Waals surface area contributed by atoms with Crippen LogP contribution in [0.5, 0.6) is 0 Å². The number of nitrogens with zero attached hydrogens (tertiary/aromatic N) is 1. The van der Waals surface area contributed by atoms with Crippen molar-refractivity contribution in [3.05, 3.63) is 97.2 Å². The van der Waals surface area contributed by atoms with Crippen LogP contribution in [-0.2, 0) is 33.3 Å². The smallest absolute Gasteiger partial charge is 0.306 e. The summed E-state index contributed by atoms with van der Waals surface area (Å²) in [5.74, 6) is -2.28. The van der Waals surface area contributed by atoms with Gasteiger partial charge in [0.25, 0.3) is 0 Å². The normalized spacial score (nSPS) is 13.1. The molecule has 2 atom stereocenters. The average Bonchev–Trinajstić information content (AvgIpc) is 2.59. The molecule has 0 aliphatic rings. The van der Waals surface area contributed by atoms with Crippen molar-refractivity contribution in [1.82, 2.24) is 0 Å². The van der Waals surface area contributed by atoms with Crippen LogP contribution in [0.1, 0.15) is 386 Å². The standard InChI is InChI=1S/C88H157NO8/c1-6-8-10-12-14-16-18-20-22-24-26-28-30-32-34-36-38-40-41-42-43-44-45-47-48-50-52-54-56-58-60-62-64-66-68-70-72-74-76-78-85(90)95-82-84(83-96-88(87(92)93)94-81-80-89(3,4)5)97-86(91)79-77-75-73-71-69-67-65-63-61-59-57-55-53-51-49-46-39-37-35-33-31-29-27-25-23-21-19-17-15-13-11-9-7-2/h9,11,15,17,21,23,27,29,33,35,39,46,51,53,57,59,84,88H,6-8,10,12-14,16,18-20,22,24-26,28,30-32,34,36-38,40-45,47-50,52,54-56,58,60-83H2,1-5H3/b11-9-,17-15-,23-21-,29-27-,35-33-,46-39-,53-51-,59-57-. The molecule has 97 heavy (non-hydrogen) atoms. The van der Waals surface area contributed by atoms with E-state index in [0.717, 1.165) is 96.3 Å². The van der Waals surface area contributed by atoms with Gasteiger partial charge in [-0.1, -0.05) is 394 Å². The molecule has 0 saturated heterocycles. The molecule has 9 nitrogen and oxygen atoms in total. The first-order valence-corrected chi connectivity index (χ1v) is 41.4. The number of carbonyl (C=O) groups is 3. The number of hydrogen-bond acceptors (Lipinski definition) is 8. The van der Waals surface area contributed by atoms with Gasteiger partial charge in [-0.25, -0.2) is 0 Å². The molecule has 0 rings (SSSR count). The lowest BCUT2D eigenvalue weighted by atomic mass is 10.0. The van der Waals surface area contributed by atoms with E-state index in [2.05, 4.69) is 111 Å². The fourth-order valence-corrected chi connectivity index (χ4v) is 12.1. The van der Waals surface area contributed by atoms with Gasteiger partial charge in [0.05, 0.1) is 40.3 Å². The van der Waals surface area contributed by atoms with Gasteiger partial charge in [0.2, 0.25) is 0 Å². The van der Waals surface area contributed by atoms with Crippen LogP contribution in [0.25, 0.3) is 0 Å². The zero-order valence-corrected chi connectivity index (χ0v) is 64.4. The van der Waals surface area contributed by atoms with Gasteiger partial charge in [0.1, 0.15) is 13.2 Å². The van der Waals surface area contributed by atoms with Gasteiger partial charge in [0.15, 0.2) is 12.4 Å². The maximum Gasteiger partial charge on any atom is 0.306 e. The zero-order valence-electron chi connectivity index (χ0n) is 64.4. The van der Waals surface area contributed by atoms with E-state index in [1.54, 1.807) is 0 Å². The lowest BCUT2D eigenvalue weighted by Crippen LogP contribution is -2.44. The molecule has 9 heteroatoms. The summed E-state index contributed by atoms with van der Waals surface area (Å²) < 4.78 is 22.9. The van der Waals surface area contributed by atoms with Gasteiger partial charge in [-0.2, -0.15) is 0 Å². The maximum atomic E-state index is 13.0. The highest BCUT2D eigenvalue weighted by molar-refractivity contribution is 5.70. The number of carboxylic acid groups (broad SMARTS) is 1. The number of quaternary nitrogens is 1. The van der Waals surface area contributed by atoms with Crippen molar-refractivity contribution >= 4 is 17.9 Å². The van der Waals surface area contributed by atoms with Crippen LogP contribution in [0, 0.1) is 0 Å². The molecule has 0 aliphatic heterocycles. The molecule has 0 bridgehead atoms. The van der Waals surface area contributed by atoms with E-state index in [9.17, 15) is 19.5 Å². The first kappa shape index (κ1) is 93.2. The summed E-state index contributed by atoms with van der Waals surface area (Å²) in [5, 5.41) is 11.9. The highest BCUT2D eigenvalue weighted by Crippen LogP contribution is 2.20. The third-order valence-corrected chi connectivity index (χ3v) is 18.3. The van der Waals surface area contributed by atoms with Gasteiger partial charge in [-0.05, 0) is 77.0 Å². The van der Waals surface area contributed by atoms with Gasteiger partial charge >= 0.3 is 11.9 Å². The molecule has 0 amide bonds. The number of hydrogen-bond donors (Lipinski definition) is 0. The van der Waals surface area contributed by atoms with E-state index in [-0.39, 0.29) is 32.2 Å². The van der Waals surface area contributed by atoms with E-state index < -0.39 is 24.3 Å². The molecular formula is C88H157NO8. The highest BCUT2D eigenvalue weighted by atomic mass is 16.7. The minimum Gasteiger partial charge on any atom is -0.545 e. The molecular weight excluding hydrogens is 1200 g/mol. The van der Waals surface area contributed by atoms with Crippen LogP contribution in [0.4, 0.5) is 0 Å². The van der Waals surface area contributed by atoms with Crippen molar-refractivity contribution in [1.29, 1.82) is 0 Å². The van der Waals surface area contributed by atoms with Crippen LogP contribution in [0.15, 0.2) is 97.2 Å². The van der Waals surface area contributed by atoms with Crippen molar-refractivity contribution in [2.24, 2.45) is 0 Å². The molecule has 0 heterocycles. The minimum atomic E-state index is -1.63. The molecule has 2 unspecified atom stereocenters. The Hall–Kier alpha value is -3.79. The molecule has 0 saturated carbocycles. The summed E-state index contributed by atoms with van der Waals surface area (Å²) in [6.45, 7) is 4.67. The van der Waals surface area contributed by atoms with E-state index in [0.29, 0.717) is 23.9 Å². The molecule has 0 aromatic rings. The largest absolute Gasteiger partial charge is 0.545 e. The predicted octanol–water partition coefficient (Wildman–Crippen LogP) is 25.4. The Balaban J connectivity index is 4.01. The molecule has 0 radical (unpaired) electrons. The van der Waals surface area contributed by atoms with E-state index in [1.807, 2.05) is 21.1 Å². The number of allylic oxidation sites excluding steroid dienone is 16. The third kappa shape index (κ3) is 79.4. The van der Waals surface area contributed by atoms with Crippen LogP contribution in [-0.4, -0.2) is 82.3 Å². The first-order chi connectivity index (χ1) is 47.6. The fourth-order valence-electron chi connectivity index (χ4n) is 12.1. The topological polar surface area (TPSA) is 111 Å². The molecule has 0 spiro atoms. The molecule has 562 valence electrons. The number of unbranched alkanes of at least 4 members (excludes halogenated alkanes) is 46. The molecule has 0 fully saturated rings. The zero-order chi connectivity index (χ0) is 70.4. The Kier molecular flexibility index (Phi) is 74.9. The lowest BCUT2D eigenvalue weighted by molar-refractivity contribution is -0.870. The van der Waals surface area contributed by atoms with Crippen molar-refractivity contribution in [3.63, 3.8) is 0 Å². The summed E-state index contributed by atoms with van der Waals surface area (Å²) in [5.41, 5.74) is 0. The number of likely N-dealkylation sites (N-methyl/N-ethyl adjacent to an activating group) is 1. The third-order valence-electron chi connectivity index (χ3n) is 18.3. The summed E-state index contributed by atoms with van der Waals surface area (Å²) >= 11 is 0. The van der Waals surface area contributed by atoms with Gasteiger partial charge < -0.3 is 33.3 Å². The average molecular weight is 1360 g/mol. The fraction of sp³-hybridized carbons (Fsp3) is 0.784. The van der Waals surface area contributed by atoms with Crippen molar-refractivity contribution in [2.75, 3.05) is 47.5 Å². The van der Waals surface area contributed by atoms with Crippen LogP contribution in [0.3, 0.4) is 0 Å². The SMILES string of the molecule is CC/C=C\C/C=C\C/C=C\C/C=C\C/C=C\C/C=C\C/C=C\C/C=C\CCCCCCCCCCC(=O)OC(COC(=O)CCCCCCCCCCCCCCCCCCCCCCCCCCCCCCCCCCCCCCCCC)COC(OCC[N+](C)(C)C)C(=O)[O-]. The van der Waals surface area contributed by atoms with Crippen LogP contribution in [0.2, 0.25) is 0 Å². The highest BCUT2D eigenvalue weighted by Gasteiger charge is 2.22. The molecule has 0 N–H and O–H groups in total. The second kappa shape index (κ2) is 77.9. The summed E-state index contributed by atoms with van der Waals surface area (Å²) in [4.78, 5) is 37.6. The molecule has 0 aromatic heterocycles. The Morgan fingerprint density at radius 3 is 0.876 bits per heavy atom. The number of carbonyl (C=O) groups excluding carboxylic acids is 3. The summed E-state index contributed by atoms with van der Waals surface area (Å²) in [6.07, 6.45) is 105. The van der Waals surface area contributed by atoms with E-state index in [1.165, 1.54) is 257 Å². The number of esters is 2. The van der Waals surface area contributed by atoms with Crippen LogP contribution < -0.4 is 5.11 Å². The Morgan fingerprint density at radius 1 is 0.320 bits per heavy atom. The minimum absolute atomic E-state index is 0.143. The first-order valence-electron chi connectivity index (χ1n) is 41.4. The van der Waals surface area contributed by atoms with Gasteiger partial charge in [-0.15, -0.1) is 0 Å². The molecule has 0 aliphatic carbocycles. The number of rotatable bonds is 77. The maximum absolute atomic E-state index is 13.0. The summed E-state index contributed by atoms with van der Waals surface area (Å²) in [6, 6.07) is 0. The second-order valence-corrected chi connectivity index (χ2v) is 29.0. The van der Waals surface area contributed by atoms with E-state index >= 15 is 0 Å². The Labute approximate surface area is 601 Å². The lowest BCUT2D eigenvalue weighted by Gasteiger charge is -2.26. The number of aliphatic carboxylic acids is 1. The monoisotopic (exact) mass is 1360 g/mol. The van der Waals surface area contributed by atoms with Crippen molar-refractivity contribution in [3.8, 4) is 0 Å². The van der Waals surface area contributed by atoms with Gasteiger partial charge in [-0.3, -0.25) is 9.59 Å². The Bertz CT molecular complexity index is 1920. The number of ether oxygens (including phenoxy) is 4. The van der Waals surface area contributed by atoms with E-state index in [4.69, 9.17) is 18.9 Å².